The van der Waals surface area contributed by atoms with Crippen LogP contribution in [-0.4, -0.2) is 13.0 Å². The van der Waals surface area contributed by atoms with Crippen LogP contribution in [0.5, 0.6) is 11.5 Å². The van der Waals surface area contributed by atoms with Gasteiger partial charge in [0.05, 0.1) is 7.11 Å². The molecule has 0 aliphatic rings. The summed E-state index contributed by atoms with van der Waals surface area (Å²) < 4.78 is 11.3. The summed E-state index contributed by atoms with van der Waals surface area (Å²) in [6.45, 7) is 0.447. The predicted molar refractivity (Wildman–Crippen MR) is 110 cm³/mol. The van der Waals surface area contributed by atoms with Crippen molar-refractivity contribution in [1.82, 2.24) is 0 Å². The van der Waals surface area contributed by atoms with Crippen LogP contribution in [-0.2, 0) is 11.4 Å². The molecule has 0 aliphatic carbocycles. The van der Waals surface area contributed by atoms with E-state index in [0.717, 1.165) is 16.8 Å². The van der Waals surface area contributed by atoms with Gasteiger partial charge < -0.3 is 20.5 Å². The van der Waals surface area contributed by atoms with E-state index in [2.05, 4.69) is 5.32 Å². The molecule has 1 atom stereocenters. The molecule has 0 spiro atoms. The normalized spacial score (nSPS) is 11.5. The molecule has 5 nitrogen and oxygen atoms in total. The summed E-state index contributed by atoms with van der Waals surface area (Å²) >= 11 is 0. The molecule has 144 valence electrons. The molecule has 28 heavy (non-hydrogen) atoms. The Morgan fingerprint density at radius 3 is 2.32 bits per heavy atom. The first-order chi connectivity index (χ1) is 13.7. The number of carbonyl (C=O) groups excluding carboxylic acids is 1. The van der Waals surface area contributed by atoms with Gasteiger partial charge in [0, 0.05) is 18.2 Å². The smallest absolute Gasteiger partial charge is 0.226 e. The molecule has 0 aliphatic heterocycles. The van der Waals surface area contributed by atoms with Crippen LogP contribution in [0.2, 0.25) is 0 Å². The number of benzene rings is 3. The maximum atomic E-state index is 12.2. The number of amides is 1. The molecule has 0 heterocycles. The number of hydrogen-bond donors (Lipinski definition) is 2. The molecule has 3 N–H and O–H groups in total. The van der Waals surface area contributed by atoms with Crippen molar-refractivity contribution in [3.63, 3.8) is 0 Å². The summed E-state index contributed by atoms with van der Waals surface area (Å²) in [5.74, 6) is 1.09. The summed E-state index contributed by atoms with van der Waals surface area (Å²) in [6, 6.07) is 24.3. The number of nitrogens with one attached hydrogen (secondary N) is 1. The van der Waals surface area contributed by atoms with Crippen molar-refractivity contribution in [2.45, 2.75) is 19.1 Å². The van der Waals surface area contributed by atoms with Gasteiger partial charge in [0.25, 0.3) is 0 Å². The highest BCUT2D eigenvalue weighted by Gasteiger charge is 2.15. The summed E-state index contributed by atoms with van der Waals surface area (Å²) in [6.07, 6.45) is 0.169. The van der Waals surface area contributed by atoms with E-state index in [1.54, 1.807) is 7.11 Å². The van der Waals surface area contributed by atoms with Gasteiger partial charge in [-0.15, -0.1) is 0 Å². The number of methoxy groups -OCH3 is 1. The van der Waals surface area contributed by atoms with Crippen LogP contribution in [0.15, 0.2) is 78.9 Å². The number of para-hydroxylation sites is 1. The van der Waals surface area contributed by atoms with E-state index in [0.29, 0.717) is 18.1 Å². The lowest BCUT2D eigenvalue weighted by Crippen LogP contribution is -2.20. The minimum atomic E-state index is -0.444. The van der Waals surface area contributed by atoms with E-state index in [9.17, 15) is 4.79 Å². The van der Waals surface area contributed by atoms with Crippen LogP contribution < -0.4 is 20.5 Å². The Morgan fingerprint density at radius 1 is 0.964 bits per heavy atom. The summed E-state index contributed by atoms with van der Waals surface area (Å²) in [5, 5.41) is 2.85. The van der Waals surface area contributed by atoms with Gasteiger partial charge >= 0.3 is 0 Å². The molecule has 3 rings (SSSR count). The molecule has 5 heteroatoms. The van der Waals surface area contributed by atoms with Gasteiger partial charge in [-0.2, -0.15) is 0 Å². The fourth-order valence-corrected chi connectivity index (χ4v) is 2.82. The largest absolute Gasteiger partial charge is 0.493 e. The predicted octanol–water partition coefficient (Wildman–Crippen LogP) is 4.30. The molecular formula is C23H24N2O3. The number of carbonyl (C=O) groups is 1. The van der Waals surface area contributed by atoms with Crippen molar-refractivity contribution < 1.29 is 14.3 Å². The van der Waals surface area contributed by atoms with Crippen molar-refractivity contribution in [3.05, 3.63) is 90.0 Å². The average molecular weight is 376 g/mol. The van der Waals surface area contributed by atoms with Gasteiger partial charge in [0.15, 0.2) is 11.5 Å². The van der Waals surface area contributed by atoms with Gasteiger partial charge in [-0.25, -0.2) is 0 Å². The molecule has 1 amide bonds. The minimum Gasteiger partial charge on any atom is -0.493 e. The van der Waals surface area contributed by atoms with Crippen LogP contribution in [0, 0.1) is 0 Å². The zero-order valence-corrected chi connectivity index (χ0v) is 15.8. The first kappa shape index (κ1) is 19.5. The van der Waals surface area contributed by atoms with Crippen LogP contribution in [0.25, 0.3) is 0 Å². The molecule has 0 fully saturated rings. The van der Waals surface area contributed by atoms with E-state index >= 15 is 0 Å². The number of hydrogen-bond acceptors (Lipinski definition) is 4. The Hall–Kier alpha value is -3.31. The first-order valence-electron chi connectivity index (χ1n) is 9.11. The van der Waals surface area contributed by atoms with E-state index < -0.39 is 6.04 Å². The molecule has 3 aromatic carbocycles. The maximum absolute atomic E-state index is 12.2. The molecule has 0 saturated carbocycles. The fraction of sp³-hybridized carbons (Fsp3) is 0.174. The third-order valence-electron chi connectivity index (χ3n) is 4.32. The van der Waals surface area contributed by atoms with Crippen LogP contribution in [0.4, 0.5) is 5.69 Å². The molecule has 0 radical (unpaired) electrons. The second-order valence-electron chi connectivity index (χ2n) is 6.41. The Balaban J connectivity index is 1.62. The van der Waals surface area contributed by atoms with Crippen LogP contribution in [0.3, 0.4) is 0 Å². The first-order valence-corrected chi connectivity index (χ1v) is 9.11. The SMILES string of the molecule is COc1cc(C(N)CC(=O)Nc2ccccc2)ccc1OCc1ccccc1. The Bertz CT molecular complexity index is 898. The molecule has 0 bridgehead atoms. The topological polar surface area (TPSA) is 73.6 Å². The lowest BCUT2D eigenvalue weighted by Gasteiger charge is -2.16. The average Bonchev–Trinajstić information content (AvgIpc) is 2.73. The molecule has 0 aromatic heterocycles. The second kappa shape index (κ2) is 9.58. The second-order valence-corrected chi connectivity index (χ2v) is 6.41. The van der Waals surface area contributed by atoms with Crippen molar-refractivity contribution in [1.29, 1.82) is 0 Å². The van der Waals surface area contributed by atoms with Crippen molar-refractivity contribution in [2.75, 3.05) is 12.4 Å². The molecule has 3 aromatic rings. The highest BCUT2D eigenvalue weighted by Crippen LogP contribution is 2.31. The highest BCUT2D eigenvalue weighted by atomic mass is 16.5. The Morgan fingerprint density at radius 2 is 1.64 bits per heavy atom. The Kier molecular flexibility index (Phi) is 6.65. The maximum Gasteiger partial charge on any atom is 0.226 e. The number of anilines is 1. The van der Waals surface area contributed by atoms with E-state index in [1.807, 2.05) is 78.9 Å². The zero-order valence-electron chi connectivity index (χ0n) is 15.8. The molecular weight excluding hydrogens is 352 g/mol. The summed E-state index contributed by atoms with van der Waals surface area (Å²) in [4.78, 5) is 12.2. The van der Waals surface area contributed by atoms with Gasteiger partial charge in [0.2, 0.25) is 5.91 Å². The van der Waals surface area contributed by atoms with E-state index in [1.165, 1.54) is 0 Å². The van der Waals surface area contributed by atoms with Gasteiger partial charge in [0.1, 0.15) is 6.61 Å². The number of nitrogens with two attached hydrogens (primary N) is 1. The van der Waals surface area contributed by atoms with E-state index in [4.69, 9.17) is 15.2 Å². The van der Waals surface area contributed by atoms with E-state index in [-0.39, 0.29) is 12.3 Å². The summed E-state index contributed by atoms with van der Waals surface area (Å²) in [5.41, 5.74) is 8.87. The quantitative estimate of drug-likeness (QED) is 0.615. The van der Waals surface area contributed by atoms with Crippen LogP contribution in [0.1, 0.15) is 23.6 Å². The van der Waals surface area contributed by atoms with Gasteiger partial charge in [-0.05, 0) is 35.4 Å². The Labute approximate surface area is 165 Å². The number of rotatable bonds is 8. The summed E-state index contributed by atoms with van der Waals surface area (Å²) in [7, 11) is 1.59. The monoisotopic (exact) mass is 376 g/mol. The third-order valence-corrected chi connectivity index (χ3v) is 4.32. The van der Waals surface area contributed by atoms with Crippen LogP contribution >= 0.6 is 0 Å². The minimum absolute atomic E-state index is 0.137. The molecule has 1 unspecified atom stereocenters. The molecule has 0 saturated heterocycles. The van der Waals surface area contributed by atoms with Gasteiger partial charge in [-0.1, -0.05) is 54.6 Å². The fourth-order valence-electron chi connectivity index (χ4n) is 2.82. The highest BCUT2D eigenvalue weighted by molar-refractivity contribution is 5.91. The lowest BCUT2D eigenvalue weighted by atomic mass is 10.0. The third kappa shape index (κ3) is 5.34. The lowest BCUT2D eigenvalue weighted by molar-refractivity contribution is -0.116. The van der Waals surface area contributed by atoms with Crippen molar-refractivity contribution in [3.8, 4) is 11.5 Å². The number of ether oxygens (including phenoxy) is 2. The standard InChI is InChI=1S/C23H24N2O3/c1-27-22-14-18(12-13-21(22)28-16-17-8-4-2-5-9-17)20(24)15-23(26)25-19-10-6-3-7-11-19/h2-14,20H,15-16,24H2,1H3,(H,25,26). The van der Waals surface area contributed by atoms with Crippen molar-refractivity contribution >= 4 is 11.6 Å². The van der Waals surface area contributed by atoms with Crippen molar-refractivity contribution in [2.24, 2.45) is 5.73 Å². The zero-order chi connectivity index (χ0) is 19.8. The van der Waals surface area contributed by atoms with Gasteiger partial charge in [-0.3, -0.25) is 4.79 Å².